The first-order valence-electron chi connectivity index (χ1n) is 6.17. The van der Waals surface area contributed by atoms with Crippen LogP contribution in [0.4, 0.5) is 0 Å². The largest absolute Gasteiger partial charge is 0.493 e. The molecular formula is C14H21NO2. The van der Waals surface area contributed by atoms with Gasteiger partial charge in [0.15, 0.2) is 11.5 Å². The second-order valence-corrected chi connectivity index (χ2v) is 4.63. The zero-order chi connectivity index (χ0) is 12.3. The number of ether oxygens (including phenoxy) is 2. The van der Waals surface area contributed by atoms with Gasteiger partial charge in [-0.15, -0.1) is 0 Å². The van der Waals surface area contributed by atoms with Crippen molar-refractivity contribution in [1.82, 2.24) is 5.32 Å². The number of benzene rings is 1. The van der Waals surface area contributed by atoms with Crippen molar-refractivity contribution in [2.75, 3.05) is 21.3 Å². The minimum Gasteiger partial charge on any atom is -0.493 e. The molecule has 1 aromatic carbocycles. The lowest BCUT2D eigenvalue weighted by Crippen LogP contribution is -2.17. The zero-order valence-corrected chi connectivity index (χ0v) is 10.8. The van der Waals surface area contributed by atoms with Crippen LogP contribution in [0.5, 0.6) is 11.5 Å². The van der Waals surface area contributed by atoms with E-state index in [1.807, 2.05) is 13.1 Å². The summed E-state index contributed by atoms with van der Waals surface area (Å²) in [7, 11) is 5.36. The predicted molar refractivity (Wildman–Crippen MR) is 68.7 cm³/mol. The summed E-state index contributed by atoms with van der Waals surface area (Å²) in [5, 5.41) is 3.38. The minimum atomic E-state index is 0.419. The number of hydrogen-bond acceptors (Lipinski definition) is 3. The number of methoxy groups -OCH3 is 2. The van der Waals surface area contributed by atoms with E-state index in [-0.39, 0.29) is 0 Å². The van der Waals surface area contributed by atoms with Crippen molar-refractivity contribution >= 4 is 0 Å². The van der Waals surface area contributed by atoms with Gasteiger partial charge in [0.05, 0.1) is 14.2 Å². The van der Waals surface area contributed by atoms with Crippen LogP contribution in [-0.2, 0) is 0 Å². The second-order valence-electron chi connectivity index (χ2n) is 4.63. The Morgan fingerprint density at radius 1 is 1.24 bits per heavy atom. The molecule has 1 aliphatic rings. The number of nitrogens with one attached hydrogen (secondary N) is 1. The molecule has 0 spiro atoms. The molecule has 3 nitrogen and oxygen atoms in total. The highest BCUT2D eigenvalue weighted by molar-refractivity contribution is 5.43. The van der Waals surface area contributed by atoms with Crippen LogP contribution in [-0.4, -0.2) is 21.3 Å². The Labute approximate surface area is 103 Å². The third-order valence-electron chi connectivity index (χ3n) is 3.42. The molecule has 1 atom stereocenters. The normalized spacial score (nSPS) is 16.6. The highest BCUT2D eigenvalue weighted by atomic mass is 16.5. The SMILES string of the molecule is CNC(CC1CC1)c1ccc(OC)c(OC)c1. The van der Waals surface area contributed by atoms with Gasteiger partial charge in [0.1, 0.15) is 0 Å². The molecule has 1 saturated carbocycles. The van der Waals surface area contributed by atoms with Crippen LogP contribution in [0.2, 0.25) is 0 Å². The molecule has 17 heavy (non-hydrogen) atoms. The summed E-state index contributed by atoms with van der Waals surface area (Å²) in [4.78, 5) is 0. The molecule has 1 fully saturated rings. The third-order valence-corrected chi connectivity index (χ3v) is 3.42. The molecule has 0 saturated heterocycles. The van der Waals surface area contributed by atoms with Crippen molar-refractivity contribution in [1.29, 1.82) is 0 Å². The molecule has 0 aromatic heterocycles. The molecule has 2 rings (SSSR count). The fourth-order valence-electron chi connectivity index (χ4n) is 2.18. The van der Waals surface area contributed by atoms with Crippen LogP contribution in [0, 0.1) is 5.92 Å². The van der Waals surface area contributed by atoms with Crippen LogP contribution >= 0.6 is 0 Å². The quantitative estimate of drug-likeness (QED) is 0.822. The molecule has 0 heterocycles. The van der Waals surface area contributed by atoms with E-state index in [0.717, 1.165) is 17.4 Å². The fourth-order valence-corrected chi connectivity index (χ4v) is 2.18. The van der Waals surface area contributed by atoms with Crippen molar-refractivity contribution in [3.63, 3.8) is 0 Å². The van der Waals surface area contributed by atoms with E-state index in [9.17, 15) is 0 Å². The Kier molecular flexibility index (Phi) is 3.89. The van der Waals surface area contributed by atoms with E-state index in [2.05, 4.69) is 17.4 Å². The number of rotatable bonds is 6. The van der Waals surface area contributed by atoms with E-state index in [1.165, 1.54) is 24.8 Å². The summed E-state index contributed by atoms with van der Waals surface area (Å²) in [5.74, 6) is 2.50. The summed E-state index contributed by atoms with van der Waals surface area (Å²) in [6.07, 6.45) is 3.98. The van der Waals surface area contributed by atoms with Crippen LogP contribution in [0.15, 0.2) is 18.2 Å². The van der Waals surface area contributed by atoms with Gasteiger partial charge in [-0.2, -0.15) is 0 Å². The Morgan fingerprint density at radius 2 is 1.94 bits per heavy atom. The Bertz CT molecular complexity index is 374. The second kappa shape index (κ2) is 5.41. The molecule has 1 unspecified atom stereocenters. The minimum absolute atomic E-state index is 0.419. The maximum Gasteiger partial charge on any atom is 0.161 e. The first-order valence-corrected chi connectivity index (χ1v) is 6.17. The van der Waals surface area contributed by atoms with Gasteiger partial charge in [0.25, 0.3) is 0 Å². The molecule has 1 N–H and O–H groups in total. The molecule has 94 valence electrons. The summed E-state index contributed by atoms with van der Waals surface area (Å²) in [6, 6.07) is 6.58. The van der Waals surface area contributed by atoms with E-state index < -0.39 is 0 Å². The van der Waals surface area contributed by atoms with Gasteiger partial charge in [-0.25, -0.2) is 0 Å². The van der Waals surface area contributed by atoms with Gasteiger partial charge in [-0.05, 0) is 37.1 Å². The highest BCUT2D eigenvalue weighted by Crippen LogP contribution is 2.39. The van der Waals surface area contributed by atoms with Crippen LogP contribution in [0.3, 0.4) is 0 Å². The summed E-state index contributed by atoms with van der Waals surface area (Å²) in [5.41, 5.74) is 1.28. The van der Waals surface area contributed by atoms with E-state index in [1.54, 1.807) is 14.2 Å². The predicted octanol–water partition coefficient (Wildman–Crippen LogP) is 2.76. The maximum atomic E-state index is 5.34. The summed E-state index contributed by atoms with van der Waals surface area (Å²) >= 11 is 0. The molecule has 1 aromatic rings. The van der Waals surface area contributed by atoms with Gasteiger partial charge in [0, 0.05) is 6.04 Å². The molecule has 0 amide bonds. The van der Waals surface area contributed by atoms with Crippen molar-refractivity contribution in [3.8, 4) is 11.5 Å². The van der Waals surface area contributed by atoms with Crippen molar-refractivity contribution < 1.29 is 9.47 Å². The lowest BCUT2D eigenvalue weighted by Gasteiger charge is -2.18. The topological polar surface area (TPSA) is 30.5 Å². The van der Waals surface area contributed by atoms with Gasteiger partial charge >= 0.3 is 0 Å². The summed E-state index contributed by atoms with van der Waals surface area (Å²) < 4.78 is 10.6. The lowest BCUT2D eigenvalue weighted by atomic mass is 10.0. The van der Waals surface area contributed by atoms with E-state index in [4.69, 9.17) is 9.47 Å². The maximum absolute atomic E-state index is 5.34. The van der Waals surface area contributed by atoms with E-state index >= 15 is 0 Å². The van der Waals surface area contributed by atoms with Gasteiger partial charge in [-0.1, -0.05) is 18.9 Å². The Hall–Kier alpha value is -1.22. The van der Waals surface area contributed by atoms with Gasteiger partial charge in [0.2, 0.25) is 0 Å². The van der Waals surface area contributed by atoms with E-state index in [0.29, 0.717) is 6.04 Å². The van der Waals surface area contributed by atoms with Crippen LogP contribution in [0.25, 0.3) is 0 Å². The first kappa shape index (κ1) is 12.2. The molecule has 0 aliphatic heterocycles. The number of hydrogen-bond donors (Lipinski definition) is 1. The monoisotopic (exact) mass is 235 g/mol. The van der Waals surface area contributed by atoms with Crippen molar-refractivity contribution in [3.05, 3.63) is 23.8 Å². The average Bonchev–Trinajstić information content (AvgIpc) is 3.19. The van der Waals surface area contributed by atoms with Crippen molar-refractivity contribution in [2.45, 2.75) is 25.3 Å². The zero-order valence-electron chi connectivity index (χ0n) is 10.8. The molecular weight excluding hydrogens is 214 g/mol. The summed E-state index contributed by atoms with van der Waals surface area (Å²) in [6.45, 7) is 0. The van der Waals surface area contributed by atoms with Crippen LogP contribution in [0.1, 0.15) is 30.9 Å². The van der Waals surface area contributed by atoms with Gasteiger partial charge < -0.3 is 14.8 Å². The molecule has 0 bridgehead atoms. The van der Waals surface area contributed by atoms with Crippen molar-refractivity contribution in [2.24, 2.45) is 5.92 Å². The first-order chi connectivity index (χ1) is 8.28. The molecule has 0 radical (unpaired) electrons. The highest BCUT2D eigenvalue weighted by Gasteiger charge is 2.25. The van der Waals surface area contributed by atoms with Crippen LogP contribution < -0.4 is 14.8 Å². The molecule has 3 heteroatoms. The fraction of sp³-hybridized carbons (Fsp3) is 0.571. The smallest absolute Gasteiger partial charge is 0.161 e. The molecule has 1 aliphatic carbocycles. The Balaban J connectivity index is 2.17. The average molecular weight is 235 g/mol. The lowest BCUT2D eigenvalue weighted by molar-refractivity contribution is 0.353. The third kappa shape index (κ3) is 2.91. The Morgan fingerprint density at radius 3 is 2.47 bits per heavy atom. The van der Waals surface area contributed by atoms with Gasteiger partial charge in [-0.3, -0.25) is 0 Å². The standard InChI is InChI=1S/C14H21NO2/c1-15-12(8-10-4-5-10)11-6-7-13(16-2)14(9-11)17-3/h6-7,9-10,12,15H,4-5,8H2,1-3H3.